The van der Waals surface area contributed by atoms with Crippen molar-refractivity contribution in [1.82, 2.24) is 19.8 Å². The summed E-state index contributed by atoms with van der Waals surface area (Å²) in [6.45, 7) is -1.41. The SMILES string of the molecule is O=COCN(CC(=O)O)Cc1cccc(-c2cc(C(=O)O)cc(CN(COC=O)C(=O)O)n2)n1. The van der Waals surface area contributed by atoms with E-state index in [0.717, 1.165) is 0 Å². The van der Waals surface area contributed by atoms with E-state index < -0.39 is 31.3 Å². The zero-order chi connectivity index (χ0) is 25.1. The van der Waals surface area contributed by atoms with E-state index >= 15 is 0 Å². The molecule has 0 bridgehead atoms. The fourth-order valence-corrected chi connectivity index (χ4v) is 2.82. The summed E-state index contributed by atoms with van der Waals surface area (Å²) in [6, 6.07) is 7.14. The van der Waals surface area contributed by atoms with Gasteiger partial charge in [0.05, 0.1) is 41.4 Å². The number of hydrogen-bond acceptors (Lipinski definition) is 10. The minimum absolute atomic E-state index is 0.00468. The van der Waals surface area contributed by atoms with E-state index in [2.05, 4.69) is 19.4 Å². The predicted molar refractivity (Wildman–Crippen MR) is 110 cm³/mol. The van der Waals surface area contributed by atoms with Gasteiger partial charge in [0.25, 0.3) is 12.9 Å². The summed E-state index contributed by atoms with van der Waals surface area (Å²) < 4.78 is 9.08. The number of aliphatic carboxylic acids is 1. The number of amides is 1. The first-order chi connectivity index (χ1) is 16.2. The molecule has 180 valence electrons. The summed E-state index contributed by atoms with van der Waals surface area (Å²) in [4.78, 5) is 65.5. The molecule has 1 amide bonds. The number of carboxylic acids is 2. The molecule has 2 rings (SSSR count). The molecule has 14 nitrogen and oxygen atoms in total. The van der Waals surface area contributed by atoms with Gasteiger partial charge in [0.2, 0.25) is 0 Å². The molecule has 14 heteroatoms. The van der Waals surface area contributed by atoms with Crippen LogP contribution in [0.2, 0.25) is 0 Å². The summed E-state index contributed by atoms with van der Waals surface area (Å²) in [5.41, 5.74) is 0.613. The Hall–Kier alpha value is -4.59. The lowest BCUT2D eigenvalue weighted by Gasteiger charge is -2.19. The van der Waals surface area contributed by atoms with Crippen LogP contribution in [-0.2, 0) is 36.9 Å². The van der Waals surface area contributed by atoms with E-state index in [-0.39, 0.29) is 55.4 Å². The highest BCUT2D eigenvalue weighted by molar-refractivity contribution is 5.89. The number of carboxylic acid groups (broad SMARTS) is 3. The van der Waals surface area contributed by atoms with Gasteiger partial charge in [-0.3, -0.25) is 24.2 Å². The first-order valence-electron chi connectivity index (χ1n) is 9.46. The molecule has 0 radical (unpaired) electrons. The Balaban J connectivity index is 2.37. The normalized spacial score (nSPS) is 10.4. The van der Waals surface area contributed by atoms with Crippen LogP contribution in [0.25, 0.3) is 11.4 Å². The number of pyridine rings is 2. The Morgan fingerprint density at radius 1 is 0.882 bits per heavy atom. The largest absolute Gasteiger partial charge is 0.480 e. The number of carbonyl (C=O) groups excluding carboxylic acids is 2. The van der Waals surface area contributed by atoms with Crippen molar-refractivity contribution in [1.29, 1.82) is 0 Å². The molecular formula is C20H20N4O10. The van der Waals surface area contributed by atoms with Gasteiger partial charge in [0.1, 0.15) is 6.73 Å². The molecule has 3 N–H and O–H groups in total. The molecule has 0 saturated carbocycles. The lowest BCUT2D eigenvalue weighted by atomic mass is 10.1. The van der Waals surface area contributed by atoms with E-state index in [4.69, 9.17) is 5.11 Å². The standard InChI is InChI=1S/C20H20N4O10/c25-11-33-9-23(8-18(27)28)6-14-2-1-3-16(21-14)17-5-13(19(29)30)4-15(22-17)7-24(20(31)32)10-34-12-26/h1-5,11-12H,6-10H2,(H,27,28)(H,29,30)(H,31,32). The van der Waals surface area contributed by atoms with Crippen molar-refractivity contribution >= 4 is 31.0 Å². The van der Waals surface area contributed by atoms with Gasteiger partial charge >= 0.3 is 18.0 Å². The first kappa shape index (κ1) is 25.7. The highest BCUT2D eigenvalue weighted by Gasteiger charge is 2.18. The van der Waals surface area contributed by atoms with Gasteiger partial charge < -0.3 is 24.8 Å². The van der Waals surface area contributed by atoms with Crippen LogP contribution < -0.4 is 0 Å². The second-order valence-corrected chi connectivity index (χ2v) is 6.70. The average Bonchev–Trinajstić information content (AvgIpc) is 2.79. The number of aromatic carboxylic acids is 1. The molecule has 0 aliphatic rings. The molecule has 0 spiro atoms. The van der Waals surface area contributed by atoms with Crippen LogP contribution in [0, 0.1) is 0 Å². The first-order valence-corrected chi connectivity index (χ1v) is 9.46. The number of carbonyl (C=O) groups is 5. The zero-order valence-corrected chi connectivity index (χ0v) is 17.6. The van der Waals surface area contributed by atoms with Gasteiger partial charge in [-0.2, -0.15) is 0 Å². The number of ether oxygens (including phenoxy) is 2. The fourth-order valence-electron chi connectivity index (χ4n) is 2.82. The summed E-state index contributed by atoms with van der Waals surface area (Å²) >= 11 is 0. The maximum atomic E-state index is 11.6. The number of nitrogens with zero attached hydrogens (tertiary/aromatic N) is 4. The minimum atomic E-state index is -1.41. The molecule has 0 unspecified atom stereocenters. The zero-order valence-electron chi connectivity index (χ0n) is 17.6. The van der Waals surface area contributed by atoms with Crippen LogP contribution >= 0.6 is 0 Å². The van der Waals surface area contributed by atoms with Crippen molar-refractivity contribution in [3.63, 3.8) is 0 Å². The van der Waals surface area contributed by atoms with Crippen molar-refractivity contribution in [2.24, 2.45) is 0 Å². The van der Waals surface area contributed by atoms with Gasteiger partial charge in [0.15, 0.2) is 6.73 Å². The smallest absolute Gasteiger partial charge is 0.410 e. The number of aromatic nitrogens is 2. The molecule has 0 aromatic carbocycles. The van der Waals surface area contributed by atoms with E-state index in [1.807, 2.05) is 0 Å². The Morgan fingerprint density at radius 3 is 2.18 bits per heavy atom. The Morgan fingerprint density at radius 2 is 1.56 bits per heavy atom. The number of rotatable bonds is 14. The van der Waals surface area contributed by atoms with Gasteiger partial charge in [-0.25, -0.2) is 19.6 Å². The molecule has 34 heavy (non-hydrogen) atoms. The van der Waals surface area contributed by atoms with Crippen LogP contribution in [0.5, 0.6) is 0 Å². The van der Waals surface area contributed by atoms with Crippen LogP contribution in [0.15, 0.2) is 30.3 Å². The molecule has 2 aromatic rings. The van der Waals surface area contributed by atoms with E-state index in [9.17, 15) is 34.2 Å². The van der Waals surface area contributed by atoms with E-state index in [0.29, 0.717) is 10.6 Å². The van der Waals surface area contributed by atoms with Crippen molar-refractivity contribution in [2.75, 3.05) is 20.0 Å². The van der Waals surface area contributed by atoms with Gasteiger partial charge in [0, 0.05) is 6.54 Å². The van der Waals surface area contributed by atoms with Crippen LogP contribution in [0.4, 0.5) is 4.79 Å². The second kappa shape index (κ2) is 12.4. The predicted octanol–water partition coefficient (Wildman–Crippen LogP) is 0.469. The summed E-state index contributed by atoms with van der Waals surface area (Å²) in [5.74, 6) is -2.43. The van der Waals surface area contributed by atoms with E-state index in [1.165, 1.54) is 23.1 Å². The van der Waals surface area contributed by atoms with Gasteiger partial charge in [-0.1, -0.05) is 6.07 Å². The lowest BCUT2D eigenvalue weighted by Crippen LogP contribution is -2.31. The highest BCUT2D eigenvalue weighted by Crippen LogP contribution is 2.20. The molecule has 0 aliphatic carbocycles. The second-order valence-electron chi connectivity index (χ2n) is 6.70. The van der Waals surface area contributed by atoms with Crippen LogP contribution in [-0.4, -0.2) is 86.1 Å². The van der Waals surface area contributed by atoms with Gasteiger partial charge in [-0.05, 0) is 24.3 Å². The Kier molecular flexibility index (Phi) is 9.40. The Labute approximate surface area is 192 Å². The van der Waals surface area contributed by atoms with Crippen molar-refractivity contribution in [3.05, 3.63) is 47.3 Å². The molecule has 0 aliphatic heterocycles. The summed E-state index contributed by atoms with van der Waals surface area (Å²) in [5, 5.41) is 27.7. The van der Waals surface area contributed by atoms with E-state index in [1.54, 1.807) is 12.1 Å². The topological polar surface area (TPSA) is 197 Å². The summed E-state index contributed by atoms with van der Waals surface area (Å²) in [7, 11) is 0. The lowest BCUT2D eigenvalue weighted by molar-refractivity contribution is -0.143. The highest BCUT2D eigenvalue weighted by atomic mass is 16.5. The third-order valence-corrected chi connectivity index (χ3v) is 4.19. The number of hydrogen-bond donors (Lipinski definition) is 3. The maximum absolute atomic E-state index is 11.6. The van der Waals surface area contributed by atoms with Crippen LogP contribution in [0.3, 0.4) is 0 Å². The van der Waals surface area contributed by atoms with Crippen molar-refractivity contribution in [2.45, 2.75) is 13.1 Å². The Bertz CT molecular complexity index is 1060. The minimum Gasteiger partial charge on any atom is -0.480 e. The molecule has 0 saturated heterocycles. The third kappa shape index (κ3) is 7.83. The van der Waals surface area contributed by atoms with Crippen molar-refractivity contribution < 1.29 is 48.8 Å². The summed E-state index contributed by atoms with van der Waals surface area (Å²) in [6.07, 6.45) is -1.41. The molecule has 0 fully saturated rings. The molecular weight excluding hydrogens is 456 g/mol. The average molecular weight is 476 g/mol. The van der Waals surface area contributed by atoms with Gasteiger partial charge in [-0.15, -0.1) is 0 Å². The van der Waals surface area contributed by atoms with Crippen molar-refractivity contribution in [3.8, 4) is 11.4 Å². The fraction of sp³-hybridized carbons (Fsp3) is 0.250. The third-order valence-electron chi connectivity index (χ3n) is 4.19. The van der Waals surface area contributed by atoms with Crippen LogP contribution in [0.1, 0.15) is 21.7 Å². The quantitative estimate of drug-likeness (QED) is 0.251. The monoisotopic (exact) mass is 476 g/mol. The molecule has 0 atom stereocenters. The molecule has 2 aromatic heterocycles. The maximum Gasteiger partial charge on any atom is 0.410 e. The molecule has 2 heterocycles.